The van der Waals surface area contributed by atoms with Crippen LogP contribution in [0.4, 0.5) is 5.69 Å². The zero-order chi connectivity index (χ0) is 14.0. The summed E-state index contributed by atoms with van der Waals surface area (Å²) in [5.41, 5.74) is 1.62. The molecule has 0 unspecified atom stereocenters. The third-order valence-electron chi connectivity index (χ3n) is 3.05. The number of anilines is 1. The molecule has 1 aliphatic heterocycles. The standard InChI is InChI=1S/C15H15NO3/c1-3-4-12-9-14(18)16(15(12)19)13-7-5-11(6-8-13)10(2)17/h4-8H,3,9H2,1-2H3/b12-4-. The van der Waals surface area contributed by atoms with E-state index < -0.39 is 0 Å². The van der Waals surface area contributed by atoms with Gasteiger partial charge in [-0.2, -0.15) is 0 Å². The van der Waals surface area contributed by atoms with Crippen molar-refractivity contribution < 1.29 is 14.4 Å². The Morgan fingerprint density at radius 3 is 2.42 bits per heavy atom. The lowest BCUT2D eigenvalue weighted by Crippen LogP contribution is -2.28. The topological polar surface area (TPSA) is 54.5 Å². The van der Waals surface area contributed by atoms with Crippen molar-refractivity contribution in [1.82, 2.24) is 0 Å². The average Bonchev–Trinajstić information content (AvgIpc) is 2.65. The van der Waals surface area contributed by atoms with Crippen LogP contribution in [0.25, 0.3) is 0 Å². The Kier molecular flexibility index (Phi) is 3.60. The maximum absolute atomic E-state index is 12.1. The zero-order valence-electron chi connectivity index (χ0n) is 11.0. The third kappa shape index (κ3) is 2.47. The van der Waals surface area contributed by atoms with Gasteiger partial charge in [-0.3, -0.25) is 14.4 Å². The minimum atomic E-state index is -0.262. The Labute approximate surface area is 111 Å². The molecule has 1 aromatic rings. The number of rotatable bonds is 3. The van der Waals surface area contributed by atoms with Crippen molar-refractivity contribution in [3.8, 4) is 0 Å². The van der Waals surface area contributed by atoms with Gasteiger partial charge in [0, 0.05) is 11.1 Å². The predicted molar refractivity (Wildman–Crippen MR) is 71.9 cm³/mol. The summed E-state index contributed by atoms with van der Waals surface area (Å²) in [7, 11) is 0. The number of allylic oxidation sites excluding steroid dienone is 1. The first-order valence-electron chi connectivity index (χ1n) is 6.22. The van der Waals surface area contributed by atoms with Crippen LogP contribution in [-0.2, 0) is 9.59 Å². The van der Waals surface area contributed by atoms with Crippen molar-refractivity contribution in [3.63, 3.8) is 0 Å². The van der Waals surface area contributed by atoms with Gasteiger partial charge < -0.3 is 0 Å². The van der Waals surface area contributed by atoms with Gasteiger partial charge in [0.1, 0.15) is 0 Å². The van der Waals surface area contributed by atoms with E-state index in [2.05, 4.69) is 0 Å². The van der Waals surface area contributed by atoms with E-state index in [0.29, 0.717) is 16.8 Å². The van der Waals surface area contributed by atoms with E-state index >= 15 is 0 Å². The number of Topliss-reactive ketones (excluding diaryl/α,β-unsaturated/α-hetero) is 1. The second-order valence-corrected chi connectivity index (χ2v) is 4.45. The molecule has 2 amide bonds. The molecule has 1 saturated heterocycles. The Morgan fingerprint density at radius 2 is 1.89 bits per heavy atom. The molecule has 19 heavy (non-hydrogen) atoms. The first kappa shape index (κ1) is 13.2. The fourth-order valence-corrected chi connectivity index (χ4v) is 2.09. The Balaban J connectivity index is 2.31. The highest BCUT2D eigenvalue weighted by Crippen LogP contribution is 2.26. The molecule has 0 spiro atoms. The maximum Gasteiger partial charge on any atom is 0.261 e. The van der Waals surface area contributed by atoms with Crippen molar-refractivity contribution in [3.05, 3.63) is 41.5 Å². The van der Waals surface area contributed by atoms with Crippen LogP contribution in [-0.4, -0.2) is 17.6 Å². The van der Waals surface area contributed by atoms with Gasteiger partial charge >= 0.3 is 0 Å². The van der Waals surface area contributed by atoms with Gasteiger partial charge in [-0.1, -0.05) is 13.0 Å². The molecule has 4 heteroatoms. The van der Waals surface area contributed by atoms with Crippen LogP contribution in [0.15, 0.2) is 35.9 Å². The molecule has 0 radical (unpaired) electrons. The monoisotopic (exact) mass is 257 g/mol. The summed E-state index contributed by atoms with van der Waals surface area (Å²) in [5.74, 6) is -0.528. The van der Waals surface area contributed by atoms with Crippen molar-refractivity contribution in [2.45, 2.75) is 26.7 Å². The van der Waals surface area contributed by atoms with Crippen LogP contribution in [0.1, 0.15) is 37.0 Å². The SMILES string of the molecule is CC/C=C1/CC(=O)N(c2ccc(C(C)=O)cc2)C1=O. The number of hydrogen-bond donors (Lipinski definition) is 0. The van der Waals surface area contributed by atoms with Crippen molar-refractivity contribution in [2.24, 2.45) is 0 Å². The number of hydrogen-bond acceptors (Lipinski definition) is 3. The number of ketones is 1. The molecule has 0 N–H and O–H groups in total. The van der Waals surface area contributed by atoms with Gasteiger partial charge in [-0.15, -0.1) is 0 Å². The lowest BCUT2D eigenvalue weighted by molar-refractivity contribution is -0.120. The molecule has 0 aliphatic carbocycles. The van der Waals surface area contributed by atoms with E-state index in [-0.39, 0.29) is 24.0 Å². The number of benzene rings is 1. The highest BCUT2D eigenvalue weighted by molar-refractivity contribution is 6.28. The van der Waals surface area contributed by atoms with Gasteiger partial charge in [0.2, 0.25) is 5.91 Å². The fourth-order valence-electron chi connectivity index (χ4n) is 2.09. The summed E-state index contributed by atoms with van der Waals surface area (Å²) in [6, 6.07) is 6.50. The van der Waals surface area contributed by atoms with Gasteiger partial charge in [0.05, 0.1) is 12.1 Å². The van der Waals surface area contributed by atoms with Gasteiger partial charge in [0.15, 0.2) is 5.78 Å². The van der Waals surface area contributed by atoms with Crippen LogP contribution in [0.3, 0.4) is 0 Å². The minimum Gasteiger partial charge on any atom is -0.295 e. The van der Waals surface area contributed by atoms with Crippen molar-refractivity contribution >= 4 is 23.3 Å². The first-order valence-corrected chi connectivity index (χ1v) is 6.22. The van der Waals surface area contributed by atoms with E-state index in [1.807, 2.05) is 6.92 Å². The summed E-state index contributed by atoms with van der Waals surface area (Å²) in [5, 5.41) is 0. The van der Waals surface area contributed by atoms with Crippen LogP contribution in [0.2, 0.25) is 0 Å². The normalized spacial score (nSPS) is 17.4. The smallest absolute Gasteiger partial charge is 0.261 e. The predicted octanol–water partition coefficient (Wildman–Crippen LogP) is 2.49. The van der Waals surface area contributed by atoms with E-state index in [4.69, 9.17) is 0 Å². The van der Waals surface area contributed by atoms with Crippen LogP contribution in [0.5, 0.6) is 0 Å². The lowest BCUT2D eigenvalue weighted by atomic mass is 10.1. The zero-order valence-corrected chi connectivity index (χ0v) is 11.0. The summed E-state index contributed by atoms with van der Waals surface area (Å²) in [4.78, 5) is 36.3. The summed E-state index contributed by atoms with van der Waals surface area (Å²) in [6.45, 7) is 3.40. The molecular formula is C15H15NO3. The van der Waals surface area contributed by atoms with Crippen LogP contribution < -0.4 is 4.90 Å². The van der Waals surface area contributed by atoms with Crippen LogP contribution in [0, 0.1) is 0 Å². The second-order valence-electron chi connectivity index (χ2n) is 4.45. The van der Waals surface area contributed by atoms with Crippen molar-refractivity contribution in [1.29, 1.82) is 0 Å². The molecule has 2 rings (SSSR count). The second kappa shape index (κ2) is 5.18. The molecule has 0 bridgehead atoms. The van der Waals surface area contributed by atoms with E-state index in [0.717, 1.165) is 6.42 Å². The molecule has 0 aromatic heterocycles. The maximum atomic E-state index is 12.1. The summed E-state index contributed by atoms with van der Waals surface area (Å²) < 4.78 is 0. The van der Waals surface area contributed by atoms with E-state index in [9.17, 15) is 14.4 Å². The summed E-state index contributed by atoms with van der Waals surface area (Å²) in [6.07, 6.45) is 2.66. The Hall–Kier alpha value is -2.23. The Morgan fingerprint density at radius 1 is 1.26 bits per heavy atom. The molecule has 1 aromatic carbocycles. The highest BCUT2D eigenvalue weighted by Gasteiger charge is 2.34. The Bertz CT molecular complexity index is 570. The third-order valence-corrected chi connectivity index (χ3v) is 3.05. The molecule has 0 saturated carbocycles. The van der Waals surface area contributed by atoms with Gasteiger partial charge in [0.25, 0.3) is 5.91 Å². The summed E-state index contributed by atoms with van der Waals surface area (Å²) >= 11 is 0. The molecule has 1 aliphatic rings. The molecule has 98 valence electrons. The lowest BCUT2D eigenvalue weighted by Gasteiger charge is -2.13. The van der Waals surface area contributed by atoms with Gasteiger partial charge in [-0.25, -0.2) is 4.90 Å². The highest BCUT2D eigenvalue weighted by atomic mass is 16.2. The van der Waals surface area contributed by atoms with Crippen molar-refractivity contribution in [2.75, 3.05) is 4.90 Å². The van der Waals surface area contributed by atoms with Gasteiger partial charge in [-0.05, 0) is 37.6 Å². The largest absolute Gasteiger partial charge is 0.295 e. The van der Waals surface area contributed by atoms with E-state index in [1.54, 1.807) is 30.3 Å². The number of carbonyl (C=O) groups excluding carboxylic acids is 3. The molecule has 1 fully saturated rings. The minimum absolute atomic E-state index is 0.0443. The first-order chi connectivity index (χ1) is 9.04. The number of nitrogens with zero attached hydrogens (tertiary/aromatic N) is 1. The molecular weight excluding hydrogens is 242 g/mol. The average molecular weight is 257 g/mol. The fraction of sp³-hybridized carbons (Fsp3) is 0.267. The van der Waals surface area contributed by atoms with Crippen LogP contribution >= 0.6 is 0 Å². The number of carbonyl (C=O) groups is 3. The molecule has 0 atom stereocenters. The van der Waals surface area contributed by atoms with E-state index in [1.165, 1.54) is 11.8 Å². The number of imide groups is 1. The molecule has 4 nitrogen and oxygen atoms in total. The quantitative estimate of drug-likeness (QED) is 0.475. The number of amides is 2. The molecule has 1 heterocycles.